The smallest absolute Gasteiger partial charge is 0.313 e. The van der Waals surface area contributed by atoms with Gasteiger partial charge in [-0.2, -0.15) is 5.10 Å². The number of hydrogen-bond donors (Lipinski definition) is 0. The van der Waals surface area contributed by atoms with E-state index in [4.69, 9.17) is 4.84 Å². The van der Waals surface area contributed by atoms with Gasteiger partial charge in [0.25, 0.3) is 0 Å². The number of nitrogens with zero attached hydrogens (tertiary/aromatic N) is 4. The van der Waals surface area contributed by atoms with E-state index in [0.717, 1.165) is 0 Å². The largest absolute Gasteiger partial charge is 0.365 e. The summed E-state index contributed by atoms with van der Waals surface area (Å²) in [6.07, 6.45) is 4.51. The van der Waals surface area contributed by atoms with Crippen LogP contribution in [0.4, 0.5) is 0 Å². The van der Waals surface area contributed by atoms with Crippen LogP contribution in [0.15, 0.2) is 48.1 Å². The standard InChI is InChI=1S/C13H14N4O2/c1-13(2,17-10-14-9-15-17)8-16-19-12(18)11-6-4-3-5-7-11/h3-10H,1-2H3/b16-8-. The fraction of sp³-hybridized carbons (Fsp3) is 0.231. The van der Waals surface area contributed by atoms with Gasteiger partial charge in [0.2, 0.25) is 0 Å². The van der Waals surface area contributed by atoms with E-state index in [1.165, 1.54) is 12.5 Å². The van der Waals surface area contributed by atoms with Crippen LogP contribution in [0, 0.1) is 0 Å². The van der Waals surface area contributed by atoms with Gasteiger partial charge < -0.3 is 4.84 Å². The fourth-order valence-corrected chi connectivity index (χ4v) is 1.40. The predicted octanol–water partition coefficient (Wildman–Crippen LogP) is 1.86. The van der Waals surface area contributed by atoms with E-state index in [1.807, 2.05) is 19.9 Å². The van der Waals surface area contributed by atoms with Crippen molar-refractivity contribution in [2.24, 2.45) is 5.16 Å². The Morgan fingerprint density at radius 2 is 2.11 bits per heavy atom. The molecule has 6 nitrogen and oxygen atoms in total. The number of oxime groups is 1. The first kappa shape index (κ1) is 12.9. The monoisotopic (exact) mass is 258 g/mol. The van der Waals surface area contributed by atoms with Crippen LogP contribution >= 0.6 is 0 Å². The molecular formula is C13H14N4O2. The molecule has 1 heterocycles. The van der Waals surface area contributed by atoms with Gasteiger partial charge in [-0.1, -0.05) is 23.4 Å². The van der Waals surface area contributed by atoms with Crippen LogP contribution in [0.3, 0.4) is 0 Å². The second-order valence-electron chi connectivity index (χ2n) is 4.47. The summed E-state index contributed by atoms with van der Waals surface area (Å²) in [4.78, 5) is 20.3. The number of rotatable bonds is 4. The Kier molecular flexibility index (Phi) is 3.70. The third-order valence-electron chi connectivity index (χ3n) is 2.52. The molecule has 0 aliphatic heterocycles. The lowest BCUT2D eigenvalue weighted by Crippen LogP contribution is -2.28. The average molecular weight is 258 g/mol. The molecule has 0 bridgehead atoms. The molecule has 19 heavy (non-hydrogen) atoms. The fourth-order valence-electron chi connectivity index (χ4n) is 1.40. The summed E-state index contributed by atoms with van der Waals surface area (Å²) >= 11 is 0. The number of aromatic nitrogens is 3. The van der Waals surface area contributed by atoms with Gasteiger partial charge >= 0.3 is 5.97 Å². The number of hydrogen-bond acceptors (Lipinski definition) is 5. The van der Waals surface area contributed by atoms with Crippen LogP contribution in [-0.2, 0) is 10.4 Å². The molecule has 0 amide bonds. The molecule has 0 aliphatic carbocycles. The van der Waals surface area contributed by atoms with Gasteiger partial charge in [0.1, 0.15) is 12.7 Å². The molecule has 1 aromatic heterocycles. The highest BCUT2D eigenvalue weighted by Crippen LogP contribution is 2.09. The summed E-state index contributed by atoms with van der Waals surface area (Å²) in [5, 5.41) is 7.73. The quantitative estimate of drug-likeness (QED) is 0.477. The second kappa shape index (κ2) is 5.43. The molecule has 0 N–H and O–H groups in total. The minimum Gasteiger partial charge on any atom is -0.313 e. The van der Waals surface area contributed by atoms with Crippen molar-refractivity contribution in [1.82, 2.24) is 14.8 Å². The lowest BCUT2D eigenvalue weighted by Gasteiger charge is -2.18. The van der Waals surface area contributed by atoms with Crippen LogP contribution in [0.2, 0.25) is 0 Å². The van der Waals surface area contributed by atoms with Crippen LogP contribution in [0.1, 0.15) is 24.2 Å². The van der Waals surface area contributed by atoms with E-state index in [-0.39, 0.29) is 0 Å². The van der Waals surface area contributed by atoms with Crippen LogP contribution in [0.25, 0.3) is 0 Å². The molecule has 0 saturated heterocycles. The Balaban J connectivity index is 1.99. The summed E-state index contributed by atoms with van der Waals surface area (Å²) in [7, 11) is 0. The molecule has 1 aromatic carbocycles. The maximum absolute atomic E-state index is 11.6. The topological polar surface area (TPSA) is 69.4 Å². The normalized spacial score (nSPS) is 11.7. The maximum Gasteiger partial charge on any atom is 0.365 e. The van der Waals surface area contributed by atoms with E-state index in [0.29, 0.717) is 5.56 Å². The van der Waals surface area contributed by atoms with Gasteiger partial charge in [0.05, 0.1) is 17.3 Å². The lowest BCUT2D eigenvalue weighted by molar-refractivity contribution is 0.0515. The van der Waals surface area contributed by atoms with E-state index >= 15 is 0 Å². The molecule has 2 aromatic rings. The van der Waals surface area contributed by atoms with Gasteiger partial charge in [0, 0.05) is 0 Å². The first-order valence-corrected chi connectivity index (χ1v) is 5.75. The Labute approximate surface area is 110 Å². The Morgan fingerprint density at radius 1 is 1.37 bits per heavy atom. The highest BCUT2D eigenvalue weighted by atomic mass is 16.7. The molecule has 0 unspecified atom stereocenters. The van der Waals surface area contributed by atoms with Crippen LogP contribution in [-0.4, -0.2) is 26.9 Å². The summed E-state index contributed by atoms with van der Waals surface area (Å²) in [6.45, 7) is 3.75. The summed E-state index contributed by atoms with van der Waals surface area (Å²) in [5.41, 5.74) is -0.0637. The van der Waals surface area contributed by atoms with E-state index < -0.39 is 11.5 Å². The van der Waals surface area contributed by atoms with Gasteiger partial charge in [-0.3, -0.25) is 0 Å². The van der Waals surface area contributed by atoms with Gasteiger partial charge in [0.15, 0.2) is 0 Å². The molecule has 0 spiro atoms. The lowest BCUT2D eigenvalue weighted by atomic mass is 10.1. The predicted molar refractivity (Wildman–Crippen MR) is 69.7 cm³/mol. The van der Waals surface area contributed by atoms with E-state index in [2.05, 4.69) is 15.2 Å². The number of carbonyl (C=O) groups is 1. The molecule has 0 atom stereocenters. The average Bonchev–Trinajstić information content (AvgIpc) is 2.94. The zero-order valence-electron chi connectivity index (χ0n) is 10.7. The first-order valence-electron chi connectivity index (χ1n) is 5.75. The van der Waals surface area contributed by atoms with Gasteiger partial charge in [-0.05, 0) is 26.0 Å². The Hall–Kier alpha value is -2.50. The second-order valence-corrected chi connectivity index (χ2v) is 4.47. The van der Waals surface area contributed by atoms with Crippen LogP contribution in [0.5, 0.6) is 0 Å². The molecule has 2 rings (SSSR count). The molecule has 0 saturated carbocycles. The molecule has 0 radical (unpaired) electrons. The molecule has 0 fully saturated rings. The van der Waals surface area contributed by atoms with Crippen molar-refractivity contribution in [1.29, 1.82) is 0 Å². The van der Waals surface area contributed by atoms with E-state index in [9.17, 15) is 4.79 Å². The van der Waals surface area contributed by atoms with Crippen molar-refractivity contribution < 1.29 is 9.63 Å². The van der Waals surface area contributed by atoms with E-state index in [1.54, 1.807) is 35.3 Å². The molecule has 98 valence electrons. The van der Waals surface area contributed by atoms with Gasteiger partial charge in [-0.25, -0.2) is 14.5 Å². The molecular weight excluding hydrogens is 244 g/mol. The minimum absolute atomic E-state index is 0.457. The van der Waals surface area contributed by atoms with Crippen molar-refractivity contribution in [3.8, 4) is 0 Å². The highest BCUT2D eigenvalue weighted by Gasteiger charge is 2.18. The van der Waals surface area contributed by atoms with Crippen molar-refractivity contribution in [2.45, 2.75) is 19.4 Å². The third-order valence-corrected chi connectivity index (χ3v) is 2.52. The van der Waals surface area contributed by atoms with Crippen molar-refractivity contribution in [2.75, 3.05) is 0 Å². The summed E-state index contributed by atoms with van der Waals surface area (Å²) in [5.74, 6) is -0.494. The first-order chi connectivity index (χ1) is 9.09. The zero-order valence-corrected chi connectivity index (χ0v) is 10.7. The zero-order chi connectivity index (χ0) is 13.7. The van der Waals surface area contributed by atoms with Crippen molar-refractivity contribution >= 4 is 12.2 Å². The van der Waals surface area contributed by atoms with Gasteiger partial charge in [-0.15, -0.1) is 0 Å². The Morgan fingerprint density at radius 3 is 2.74 bits per heavy atom. The summed E-state index contributed by atoms with van der Waals surface area (Å²) < 4.78 is 1.62. The maximum atomic E-state index is 11.6. The van der Waals surface area contributed by atoms with Crippen molar-refractivity contribution in [3.05, 3.63) is 48.5 Å². The molecule has 6 heteroatoms. The van der Waals surface area contributed by atoms with Crippen molar-refractivity contribution in [3.63, 3.8) is 0 Å². The Bertz CT molecular complexity index is 562. The molecule has 0 aliphatic rings. The number of carbonyl (C=O) groups excluding carboxylic acids is 1. The third kappa shape index (κ3) is 3.25. The SMILES string of the molecule is CC(C)(/C=N\OC(=O)c1ccccc1)n1cncn1. The summed E-state index contributed by atoms with van der Waals surface area (Å²) in [6, 6.07) is 8.69. The highest BCUT2D eigenvalue weighted by molar-refractivity contribution is 5.89. The minimum atomic E-state index is -0.520. The number of benzene rings is 1. The van der Waals surface area contributed by atoms with Crippen LogP contribution < -0.4 is 0 Å².